The van der Waals surface area contributed by atoms with Crippen molar-refractivity contribution >= 4 is 21.6 Å². The van der Waals surface area contributed by atoms with Gasteiger partial charge in [0.2, 0.25) is 0 Å². The summed E-state index contributed by atoms with van der Waals surface area (Å²) in [6.07, 6.45) is -4.25. The highest BCUT2D eigenvalue weighted by Crippen LogP contribution is 2.39. The summed E-state index contributed by atoms with van der Waals surface area (Å²) < 4.78 is 134. The van der Waals surface area contributed by atoms with Crippen molar-refractivity contribution in [2.45, 2.75) is 32.2 Å². The standard InChI is InChI=1S/C32H20F9NO2S/c1-2-3-4-5-17-6-10-26-28(12-17)45-30(42-26)18-7-9-21(22(33)13-18)19-14-24(35)29(25(36)15-19)31(37,38)43-20-8-11-27(23(34)16-20)44-32(39,40)41/h2-3,6-16H,4-5H2,1H3/b3-2+. The Bertz CT molecular complexity index is 1880. The number of benzene rings is 4. The smallest absolute Gasteiger partial charge is 0.429 e. The molecule has 0 spiro atoms. The van der Waals surface area contributed by atoms with E-state index in [1.165, 1.54) is 23.5 Å². The van der Waals surface area contributed by atoms with Gasteiger partial charge in [-0.05, 0) is 73.4 Å². The fourth-order valence-electron chi connectivity index (χ4n) is 4.51. The summed E-state index contributed by atoms with van der Waals surface area (Å²) in [7, 11) is 0. The van der Waals surface area contributed by atoms with Crippen LogP contribution in [-0.2, 0) is 12.5 Å². The van der Waals surface area contributed by atoms with Crippen LogP contribution in [0.5, 0.6) is 11.5 Å². The van der Waals surface area contributed by atoms with Crippen LogP contribution in [0.25, 0.3) is 31.9 Å². The Hall–Kier alpha value is -4.52. The van der Waals surface area contributed by atoms with Crippen molar-refractivity contribution in [3.63, 3.8) is 0 Å². The molecule has 0 aliphatic carbocycles. The van der Waals surface area contributed by atoms with Crippen molar-refractivity contribution in [1.29, 1.82) is 0 Å². The summed E-state index contributed by atoms with van der Waals surface area (Å²) in [5.74, 6) is -8.62. The van der Waals surface area contributed by atoms with Crippen LogP contribution in [0.15, 0.2) is 78.9 Å². The number of hydrogen-bond donors (Lipinski definition) is 0. The minimum atomic E-state index is -5.26. The minimum absolute atomic E-state index is 0.131. The topological polar surface area (TPSA) is 31.4 Å². The van der Waals surface area contributed by atoms with E-state index in [4.69, 9.17) is 0 Å². The van der Waals surface area contributed by atoms with Crippen LogP contribution < -0.4 is 9.47 Å². The molecule has 1 aromatic heterocycles. The van der Waals surface area contributed by atoms with Crippen molar-refractivity contribution in [1.82, 2.24) is 4.98 Å². The van der Waals surface area contributed by atoms with Crippen LogP contribution in [0.1, 0.15) is 24.5 Å². The van der Waals surface area contributed by atoms with E-state index in [1.54, 1.807) is 0 Å². The molecule has 3 nitrogen and oxygen atoms in total. The summed E-state index contributed by atoms with van der Waals surface area (Å²) >= 11 is 1.33. The Morgan fingerprint density at radius 3 is 2.11 bits per heavy atom. The number of aromatic nitrogens is 1. The fourth-order valence-corrected chi connectivity index (χ4v) is 5.53. The van der Waals surface area contributed by atoms with Crippen LogP contribution in [0, 0.1) is 23.3 Å². The third kappa shape index (κ3) is 7.25. The van der Waals surface area contributed by atoms with Crippen LogP contribution in [0.3, 0.4) is 0 Å². The van der Waals surface area contributed by atoms with Crippen molar-refractivity contribution in [3.8, 4) is 33.2 Å². The Labute approximate surface area is 254 Å². The predicted molar refractivity (Wildman–Crippen MR) is 151 cm³/mol. The summed E-state index contributed by atoms with van der Waals surface area (Å²) in [5, 5.41) is 0.500. The van der Waals surface area contributed by atoms with Crippen LogP contribution in [0.4, 0.5) is 39.5 Å². The Morgan fingerprint density at radius 1 is 0.756 bits per heavy atom. The monoisotopic (exact) mass is 653 g/mol. The minimum Gasteiger partial charge on any atom is -0.429 e. The second-order valence-corrected chi connectivity index (χ2v) is 10.7. The average Bonchev–Trinajstić information content (AvgIpc) is 3.37. The van der Waals surface area contributed by atoms with Gasteiger partial charge in [0.25, 0.3) is 0 Å². The molecular formula is C32H20F9NO2S. The lowest BCUT2D eigenvalue weighted by atomic mass is 10.0. The molecule has 0 bridgehead atoms. The number of hydrogen-bond acceptors (Lipinski definition) is 4. The molecule has 0 saturated carbocycles. The Morgan fingerprint density at radius 2 is 1.47 bits per heavy atom. The molecular weight excluding hydrogens is 633 g/mol. The van der Waals surface area contributed by atoms with Gasteiger partial charge in [0.15, 0.2) is 11.6 Å². The maximum atomic E-state index is 15.2. The molecule has 0 aliphatic heterocycles. The van der Waals surface area contributed by atoms with E-state index in [0.29, 0.717) is 40.4 Å². The molecule has 4 aromatic carbocycles. The lowest BCUT2D eigenvalue weighted by Gasteiger charge is -2.20. The molecule has 0 saturated heterocycles. The molecule has 0 aliphatic rings. The summed E-state index contributed by atoms with van der Waals surface area (Å²) in [6, 6.07) is 11.6. The molecule has 5 rings (SSSR count). The van der Waals surface area contributed by atoms with Crippen molar-refractivity contribution in [2.24, 2.45) is 0 Å². The van der Waals surface area contributed by atoms with E-state index in [9.17, 15) is 35.1 Å². The van der Waals surface area contributed by atoms with Crippen LogP contribution in [-0.4, -0.2) is 11.3 Å². The number of aryl methyl sites for hydroxylation is 1. The number of rotatable bonds is 9. The molecule has 5 aromatic rings. The molecule has 45 heavy (non-hydrogen) atoms. The number of thiazole rings is 1. The number of fused-ring (bicyclic) bond motifs is 1. The highest BCUT2D eigenvalue weighted by Gasteiger charge is 2.42. The van der Waals surface area contributed by atoms with Crippen molar-refractivity contribution < 1.29 is 49.0 Å². The normalized spacial score (nSPS) is 12.3. The van der Waals surface area contributed by atoms with Crippen molar-refractivity contribution in [3.05, 3.63) is 113 Å². The van der Waals surface area contributed by atoms with Gasteiger partial charge in [0.1, 0.15) is 33.8 Å². The molecule has 1 heterocycles. The SMILES string of the molecule is C/C=C/CCc1ccc2nc(-c3ccc(-c4cc(F)c(C(F)(F)Oc5ccc(OC(F)(F)F)c(F)c5)c(F)c4)c(F)c3)sc2c1. The molecule has 0 fully saturated rings. The van der Waals surface area contributed by atoms with E-state index < -0.39 is 58.4 Å². The average molecular weight is 654 g/mol. The lowest BCUT2D eigenvalue weighted by Crippen LogP contribution is -2.25. The molecule has 0 atom stereocenters. The zero-order valence-corrected chi connectivity index (χ0v) is 23.8. The zero-order valence-electron chi connectivity index (χ0n) is 23.0. The molecule has 0 radical (unpaired) electrons. The lowest BCUT2D eigenvalue weighted by molar-refractivity contribution is -0.275. The van der Waals surface area contributed by atoms with E-state index in [-0.39, 0.29) is 11.6 Å². The highest BCUT2D eigenvalue weighted by atomic mass is 32.1. The predicted octanol–water partition coefficient (Wildman–Crippen LogP) is 10.7. The largest absolute Gasteiger partial charge is 0.573 e. The summed E-state index contributed by atoms with van der Waals surface area (Å²) in [4.78, 5) is 4.53. The molecule has 0 N–H and O–H groups in total. The van der Waals surface area contributed by atoms with Crippen LogP contribution in [0.2, 0.25) is 0 Å². The fraction of sp³-hybridized carbons (Fsp3) is 0.156. The van der Waals surface area contributed by atoms with Gasteiger partial charge in [-0.1, -0.05) is 30.4 Å². The molecule has 234 valence electrons. The van der Waals surface area contributed by atoms with Crippen LogP contribution >= 0.6 is 11.3 Å². The van der Waals surface area contributed by atoms with Gasteiger partial charge in [0.05, 0.1) is 10.2 Å². The third-order valence-electron chi connectivity index (χ3n) is 6.52. The van der Waals surface area contributed by atoms with Gasteiger partial charge < -0.3 is 9.47 Å². The first-order valence-electron chi connectivity index (χ1n) is 13.2. The van der Waals surface area contributed by atoms with E-state index in [0.717, 1.165) is 29.2 Å². The second-order valence-electron chi connectivity index (χ2n) is 9.70. The summed E-state index contributed by atoms with van der Waals surface area (Å²) in [6.45, 7) is 1.94. The van der Waals surface area contributed by atoms with Gasteiger partial charge >= 0.3 is 12.5 Å². The quantitative estimate of drug-likeness (QED) is 0.117. The summed E-state index contributed by atoms with van der Waals surface area (Å²) in [5.41, 5.74) is -0.347. The van der Waals surface area contributed by atoms with Gasteiger partial charge in [-0.3, -0.25) is 0 Å². The van der Waals surface area contributed by atoms with Gasteiger partial charge in [-0.15, -0.1) is 24.5 Å². The Kier molecular flexibility index (Phi) is 8.83. The molecule has 0 amide bonds. The number of allylic oxidation sites excluding steroid dienone is 2. The van der Waals surface area contributed by atoms with Crippen molar-refractivity contribution in [2.75, 3.05) is 0 Å². The maximum Gasteiger partial charge on any atom is 0.573 e. The molecule has 13 heteroatoms. The highest BCUT2D eigenvalue weighted by molar-refractivity contribution is 7.21. The Balaban J connectivity index is 1.38. The van der Waals surface area contributed by atoms with Gasteiger partial charge in [0, 0.05) is 17.2 Å². The molecule has 0 unspecified atom stereocenters. The second kappa shape index (κ2) is 12.5. The number of nitrogens with zero attached hydrogens (tertiary/aromatic N) is 1. The zero-order chi connectivity index (χ0) is 32.5. The maximum absolute atomic E-state index is 15.2. The first kappa shape index (κ1) is 31.9. The first-order chi connectivity index (χ1) is 21.2. The number of halogens is 9. The number of alkyl halides is 5. The van der Waals surface area contributed by atoms with E-state index in [1.807, 2.05) is 31.2 Å². The van der Waals surface area contributed by atoms with Gasteiger partial charge in [-0.25, -0.2) is 22.5 Å². The number of ether oxygens (including phenoxy) is 2. The van der Waals surface area contributed by atoms with Gasteiger partial charge in [-0.2, -0.15) is 8.78 Å². The third-order valence-corrected chi connectivity index (χ3v) is 7.59. The first-order valence-corrected chi connectivity index (χ1v) is 14.0. The van der Waals surface area contributed by atoms with E-state index >= 15 is 4.39 Å². The van der Waals surface area contributed by atoms with E-state index in [2.05, 4.69) is 20.5 Å².